The molecule has 1 amide bonds. The van der Waals surface area contributed by atoms with E-state index >= 15 is 0 Å². The minimum Gasteiger partial charge on any atom is -0.481 e. The van der Waals surface area contributed by atoms with Gasteiger partial charge in [0.05, 0.1) is 17.4 Å². The fraction of sp³-hybridized carbons (Fsp3) is 0.579. The van der Waals surface area contributed by atoms with E-state index in [1.807, 2.05) is 0 Å². The maximum Gasteiger partial charge on any atom is 0.311 e. The largest absolute Gasteiger partial charge is 0.481 e. The third kappa shape index (κ3) is 2.63. The predicted octanol–water partition coefficient (Wildman–Crippen LogP) is 2.10. The van der Waals surface area contributed by atoms with E-state index in [9.17, 15) is 19.1 Å². The first-order chi connectivity index (χ1) is 12.0. The Morgan fingerprint density at radius 1 is 1.28 bits per heavy atom. The highest BCUT2D eigenvalue weighted by Gasteiger charge is 2.59. The Hall–Kier alpha value is -1.95. The summed E-state index contributed by atoms with van der Waals surface area (Å²) in [4.78, 5) is 26.7. The van der Waals surface area contributed by atoms with Crippen LogP contribution in [-0.2, 0) is 20.7 Å². The molecule has 1 saturated carbocycles. The minimum atomic E-state index is -0.887. The molecule has 2 heterocycles. The van der Waals surface area contributed by atoms with E-state index in [1.165, 1.54) is 6.07 Å². The summed E-state index contributed by atoms with van der Waals surface area (Å²) in [5.41, 5.74) is -0.889. The van der Waals surface area contributed by atoms with Crippen LogP contribution < -0.4 is 0 Å². The molecule has 1 aromatic rings. The smallest absolute Gasteiger partial charge is 0.311 e. The van der Waals surface area contributed by atoms with Gasteiger partial charge in [-0.3, -0.25) is 9.59 Å². The highest BCUT2D eigenvalue weighted by molar-refractivity contribution is 5.87. The van der Waals surface area contributed by atoms with Gasteiger partial charge < -0.3 is 14.7 Å². The molecule has 0 spiro atoms. The Kier molecular flexibility index (Phi) is 3.83. The van der Waals surface area contributed by atoms with Gasteiger partial charge in [0.1, 0.15) is 5.82 Å². The van der Waals surface area contributed by atoms with Crippen molar-refractivity contribution in [2.75, 3.05) is 26.3 Å². The molecule has 6 heteroatoms. The molecule has 3 aliphatic rings. The monoisotopic (exact) mass is 347 g/mol. The van der Waals surface area contributed by atoms with Crippen LogP contribution in [0.25, 0.3) is 0 Å². The van der Waals surface area contributed by atoms with E-state index in [1.54, 1.807) is 23.1 Å². The number of likely N-dealkylation sites (tertiary alicyclic amines) is 1. The first-order valence-corrected chi connectivity index (χ1v) is 8.81. The number of hydrogen-bond acceptors (Lipinski definition) is 3. The van der Waals surface area contributed by atoms with Gasteiger partial charge in [0, 0.05) is 25.6 Å². The molecule has 1 aliphatic carbocycles. The fourth-order valence-electron chi connectivity index (χ4n) is 4.41. The van der Waals surface area contributed by atoms with E-state index in [0.29, 0.717) is 38.2 Å². The van der Waals surface area contributed by atoms with Crippen molar-refractivity contribution in [2.24, 2.45) is 16.7 Å². The standard InChI is InChI=1S/C19H22FNO4/c20-15-4-2-1-3-13(15)9-18(5-6-18)16(22)21-10-14-11-25-8-7-19(14,12-21)17(23)24/h1-4,14H,5-12H2,(H,23,24)/t14-,19+/m0/s1. The number of hydrogen-bond donors (Lipinski definition) is 1. The van der Waals surface area contributed by atoms with Crippen molar-refractivity contribution in [1.82, 2.24) is 4.90 Å². The molecule has 0 radical (unpaired) electrons. The van der Waals surface area contributed by atoms with Crippen LogP contribution in [0, 0.1) is 22.6 Å². The van der Waals surface area contributed by atoms with E-state index in [0.717, 1.165) is 12.8 Å². The van der Waals surface area contributed by atoms with Crippen LogP contribution in [0.5, 0.6) is 0 Å². The summed E-state index contributed by atoms with van der Waals surface area (Å²) >= 11 is 0. The summed E-state index contributed by atoms with van der Waals surface area (Å²) in [5.74, 6) is -1.31. The predicted molar refractivity (Wildman–Crippen MR) is 87.3 cm³/mol. The summed E-state index contributed by atoms with van der Waals surface area (Å²) < 4.78 is 19.4. The molecule has 4 rings (SSSR count). The van der Waals surface area contributed by atoms with E-state index in [-0.39, 0.29) is 24.2 Å². The Morgan fingerprint density at radius 3 is 2.68 bits per heavy atom. The van der Waals surface area contributed by atoms with E-state index in [2.05, 4.69) is 0 Å². The van der Waals surface area contributed by atoms with E-state index in [4.69, 9.17) is 4.74 Å². The van der Waals surface area contributed by atoms with Gasteiger partial charge in [0.25, 0.3) is 0 Å². The van der Waals surface area contributed by atoms with Gasteiger partial charge in [-0.05, 0) is 37.3 Å². The van der Waals surface area contributed by atoms with Crippen LogP contribution in [0.4, 0.5) is 4.39 Å². The molecular formula is C19H22FNO4. The van der Waals surface area contributed by atoms with Crippen molar-refractivity contribution in [1.29, 1.82) is 0 Å². The fourth-order valence-corrected chi connectivity index (χ4v) is 4.41. The average Bonchev–Trinajstić information content (AvgIpc) is 3.26. The van der Waals surface area contributed by atoms with E-state index < -0.39 is 16.8 Å². The van der Waals surface area contributed by atoms with Crippen molar-refractivity contribution in [3.05, 3.63) is 35.6 Å². The van der Waals surface area contributed by atoms with Crippen LogP contribution in [0.15, 0.2) is 24.3 Å². The number of carbonyl (C=O) groups is 2. The van der Waals surface area contributed by atoms with Gasteiger partial charge >= 0.3 is 5.97 Å². The number of rotatable bonds is 4. The normalized spacial score (nSPS) is 30.0. The summed E-state index contributed by atoms with van der Waals surface area (Å²) in [7, 11) is 0. The first-order valence-electron chi connectivity index (χ1n) is 8.81. The lowest BCUT2D eigenvalue weighted by atomic mass is 9.74. The molecule has 5 nitrogen and oxygen atoms in total. The van der Waals surface area contributed by atoms with Crippen LogP contribution in [0.1, 0.15) is 24.8 Å². The molecule has 3 fully saturated rings. The first kappa shape index (κ1) is 16.5. The number of carboxylic acid groups (broad SMARTS) is 1. The second-order valence-corrected chi connectivity index (χ2v) is 7.72. The number of amides is 1. The topological polar surface area (TPSA) is 66.8 Å². The lowest BCUT2D eigenvalue weighted by molar-refractivity contribution is -0.157. The number of nitrogens with zero attached hydrogens (tertiary/aromatic N) is 1. The van der Waals surface area contributed by atoms with Crippen molar-refractivity contribution in [3.8, 4) is 0 Å². The Balaban J connectivity index is 1.53. The second-order valence-electron chi connectivity index (χ2n) is 7.72. The molecule has 2 saturated heterocycles. The maximum atomic E-state index is 14.0. The average molecular weight is 347 g/mol. The Labute approximate surface area is 145 Å². The summed E-state index contributed by atoms with van der Waals surface area (Å²) in [6.45, 7) is 1.47. The summed E-state index contributed by atoms with van der Waals surface area (Å²) in [6.07, 6.45) is 2.29. The highest BCUT2D eigenvalue weighted by atomic mass is 19.1. The SMILES string of the molecule is O=C(N1C[C@H]2COCC[C@@]2(C(=O)O)C1)C1(Cc2ccccc2F)CC1. The molecule has 1 aromatic carbocycles. The number of halogens is 1. The van der Waals surface area contributed by atoms with Gasteiger partial charge in [0.2, 0.25) is 5.91 Å². The molecule has 2 aliphatic heterocycles. The van der Waals surface area contributed by atoms with Gasteiger partial charge in [-0.2, -0.15) is 0 Å². The molecule has 1 N–H and O–H groups in total. The van der Waals surface area contributed by atoms with Crippen LogP contribution in [-0.4, -0.2) is 48.2 Å². The Bertz CT molecular complexity index is 717. The zero-order chi connectivity index (χ0) is 17.7. The molecule has 25 heavy (non-hydrogen) atoms. The number of benzene rings is 1. The number of fused-ring (bicyclic) bond motifs is 1. The number of aliphatic carboxylic acids is 1. The minimum absolute atomic E-state index is 0.0224. The van der Waals surface area contributed by atoms with Crippen molar-refractivity contribution >= 4 is 11.9 Å². The maximum absolute atomic E-state index is 14.0. The molecule has 0 aromatic heterocycles. The summed E-state index contributed by atoms with van der Waals surface area (Å²) in [5, 5.41) is 9.75. The third-order valence-corrected chi connectivity index (χ3v) is 6.21. The van der Waals surface area contributed by atoms with Crippen molar-refractivity contribution < 1.29 is 23.8 Å². The number of carbonyl (C=O) groups excluding carboxylic acids is 1. The molecule has 2 atom stereocenters. The number of ether oxygens (including phenoxy) is 1. The van der Waals surface area contributed by atoms with Crippen LogP contribution in [0.2, 0.25) is 0 Å². The quantitative estimate of drug-likeness (QED) is 0.906. The molecular weight excluding hydrogens is 325 g/mol. The molecule has 0 unspecified atom stereocenters. The lowest BCUT2D eigenvalue weighted by Gasteiger charge is -2.34. The lowest BCUT2D eigenvalue weighted by Crippen LogP contribution is -2.45. The van der Waals surface area contributed by atoms with Crippen LogP contribution >= 0.6 is 0 Å². The number of carboxylic acids is 1. The van der Waals surface area contributed by atoms with Gasteiger partial charge in [-0.1, -0.05) is 18.2 Å². The van der Waals surface area contributed by atoms with Gasteiger partial charge in [-0.25, -0.2) is 4.39 Å². The second kappa shape index (κ2) is 5.80. The molecule has 134 valence electrons. The summed E-state index contributed by atoms with van der Waals surface area (Å²) in [6, 6.07) is 6.55. The van der Waals surface area contributed by atoms with Crippen molar-refractivity contribution in [3.63, 3.8) is 0 Å². The molecule has 0 bridgehead atoms. The van der Waals surface area contributed by atoms with Crippen molar-refractivity contribution in [2.45, 2.75) is 25.7 Å². The van der Waals surface area contributed by atoms with Gasteiger partial charge in [0.15, 0.2) is 0 Å². The van der Waals surface area contributed by atoms with Gasteiger partial charge in [-0.15, -0.1) is 0 Å². The van der Waals surface area contributed by atoms with Crippen LogP contribution in [0.3, 0.4) is 0 Å². The third-order valence-electron chi connectivity index (χ3n) is 6.21. The Morgan fingerprint density at radius 2 is 2.04 bits per heavy atom. The zero-order valence-corrected chi connectivity index (χ0v) is 14.0. The highest BCUT2D eigenvalue weighted by Crippen LogP contribution is 2.52. The zero-order valence-electron chi connectivity index (χ0n) is 14.0.